The van der Waals surface area contributed by atoms with Gasteiger partial charge in [0.1, 0.15) is 0 Å². The first-order valence-corrected chi connectivity index (χ1v) is 2.59. The Hall–Kier alpha value is -0.960. The molecule has 0 bridgehead atoms. The lowest BCUT2D eigenvalue weighted by atomic mass is 10.4. The molecule has 42 valence electrons. The average Bonchev–Trinajstić information content (AvgIpc) is 1.81. The van der Waals surface area contributed by atoms with Gasteiger partial charge >= 0.3 is 0 Å². The summed E-state index contributed by atoms with van der Waals surface area (Å²) in [7, 11) is 0. The summed E-state index contributed by atoms with van der Waals surface area (Å²) < 4.78 is 0. The summed E-state index contributed by atoms with van der Waals surface area (Å²) in [5.41, 5.74) is 0. The third-order valence-electron chi connectivity index (χ3n) is 0.669. The van der Waals surface area contributed by atoms with Crippen molar-refractivity contribution in [2.75, 3.05) is 0 Å². The van der Waals surface area contributed by atoms with Gasteiger partial charge in [0.25, 0.3) is 0 Å². The van der Waals surface area contributed by atoms with Crippen molar-refractivity contribution in [1.82, 2.24) is 0 Å². The highest BCUT2D eigenvalue weighted by atomic mass is 13.7. The Balaban J connectivity index is 3.25. The maximum absolute atomic E-state index is 3.52. The van der Waals surface area contributed by atoms with Gasteiger partial charge in [-0.25, -0.2) is 0 Å². The van der Waals surface area contributed by atoms with Gasteiger partial charge in [0.05, 0.1) is 0 Å². The van der Waals surface area contributed by atoms with Crippen LogP contribution < -0.4 is 0 Å². The predicted octanol–water partition coefficient (Wildman–Crippen LogP) is 2.14. The van der Waals surface area contributed by atoms with Gasteiger partial charge in [-0.2, -0.15) is 0 Å². The molecular weight excluding hydrogens is 96.1 g/mol. The van der Waals surface area contributed by atoms with Gasteiger partial charge < -0.3 is 0 Å². The number of hydrogen-bond donors (Lipinski definition) is 0. The van der Waals surface area contributed by atoms with Crippen LogP contribution in [0, 0.1) is 11.8 Å². The zero-order valence-electron chi connectivity index (χ0n) is 5.15. The molecule has 0 rings (SSSR count). The van der Waals surface area contributed by atoms with Gasteiger partial charge in [0.2, 0.25) is 0 Å². The highest BCUT2D eigenvalue weighted by molar-refractivity contribution is 5.06. The van der Waals surface area contributed by atoms with Gasteiger partial charge in [-0.15, -0.1) is 5.92 Å². The maximum Gasteiger partial charge on any atom is 0.0272 e. The zero-order chi connectivity index (χ0) is 6.24. The van der Waals surface area contributed by atoms with Crippen LogP contribution in [0.25, 0.3) is 0 Å². The molecule has 0 radical (unpaired) electrons. The molecule has 8 heavy (non-hydrogen) atoms. The lowest BCUT2D eigenvalue weighted by molar-refractivity contribution is 1.46. The molecule has 0 unspecified atom stereocenters. The molecule has 0 aromatic carbocycles. The Morgan fingerprint density at radius 3 is 2.88 bits per heavy atom. The summed E-state index contributed by atoms with van der Waals surface area (Å²) in [6, 6.07) is 0. The first-order valence-electron chi connectivity index (χ1n) is 2.59. The van der Waals surface area contributed by atoms with Crippen molar-refractivity contribution in [2.24, 2.45) is 0 Å². The van der Waals surface area contributed by atoms with Crippen LogP contribution in [0.1, 0.15) is 13.3 Å². The number of allylic oxidation sites excluding steroid dienone is 3. The summed E-state index contributed by atoms with van der Waals surface area (Å²) in [4.78, 5) is 0. The minimum absolute atomic E-state index is 0.836. The van der Waals surface area contributed by atoms with Crippen LogP contribution in [-0.4, -0.2) is 0 Å². The second kappa shape index (κ2) is 6.04. The molecule has 0 aromatic rings. The minimum atomic E-state index is 0.836. The van der Waals surface area contributed by atoms with E-state index in [1.807, 2.05) is 19.1 Å². The van der Waals surface area contributed by atoms with E-state index in [-0.39, 0.29) is 0 Å². The molecule has 0 saturated heterocycles. The van der Waals surface area contributed by atoms with Crippen LogP contribution in [0.4, 0.5) is 0 Å². The van der Waals surface area contributed by atoms with Crippen LogP contribution in [0.2, 0.25) is 0 Å². The molecule has 0 heteroatoms. The van der Waals surface area contributed by atoms with Gasteiger partial charge in [0, 0.05) is 6.42 Å². The van der Waals surface area contributed by atoms with E-state index >= 15 is 0 Å². The summed E-state index contributed by atoms with van der Waals surface area (Å²) in [6.45, 7) is 5.36. The smallest absolute Gasteiger partial charge is 0.0272 e. The van der Waals surface area contributed by atoms with E-state index in [4.69, 9.17) is 0 Å². The Bertz CT molecular complexity index is 130. The second-order valence-corrected chi connectivity index (χ2v) is 1.29. The molecule has 0 N–H and O–H groups in total. The molecule has 0 spiro atoms. The molecule has 0 aliphatic heterocycles. The van der Waals surface area contributed by atoms with Crippen LogP contribution in [0.5, 0.6) is 0 Å². The van der Waals surface area contributed by atoms with E-state index in [0.717, 1.165) is 6.42 Å². The molecule has 0 fully saturated rings. The Labute approximate surface area is 50.9 Å². The van der Waals surface area contributed by atoms with Gasteiger partial charge in [-0.1, -0.05) is 30.7 Å². The summed E-state index contributed by atoms with van der Waals surface area (Å²) in [5, 5.41) is 0. The van der Waals surface area contributed by atoms with Gasteiger partial charge in [-0.05, 0) is 6.92 Å². The fourth-order valence-corrected chi connectivity index (χ4v) is 0.325. The lowest BCUT2D eigenvalue weighted by Crippen LogP contribution is -1.54. The fraction of sp³-hybridized carbons (Fsp3) is 0.250. The largest absolute Gasteiger partial charge is 0.106 e. The molecular formula is C8H10. The van der Waals surface area contributed by atoms with Crippen LogP contribution >= 0.6 is 0 Å². The lowest BCUT2D eigenvalue weighted by Gasteiger charge is -1.70. The molecule has 0 aliphatic carbocycles. The van der Waals surface area contributed by atoms with Gasteiger partial charge in [0.15, 0.2) is 0 Å². The number of hydrogen-bond acceptors (Lipinski definition) is 0. The van der Waals surface area contributed by atoms with Crippen molar-refractivity contribution in [3.05, 3.63) is 24.8 Å². The van der Waals surface area contributed by atoms with Crippen molar-refractivity contribution in [3.63, 3.8) is 0 Å². The first-order chi connectivity index (χ1) is 3.91. The monoisotopic (exact) mass is 106 g/mol. The fourth-order valence-electron chi connectivity index (χ4n) is 0.325. The zero-order valence-corrected chi connectivity index (χ0v) is 5.15. The average molecular weight is 106 g/mol. The summed E-state index contributed by atoms with van der Waals surface area (Å²) >= 11 is 0. The predicted molar refractivity (Wildman–Crippen MR) is 37.4 cm³/mol. The van der Waals surface area contributed by atoms with E-state index in [1.54, 1.807) is 6.08 Å². The third kappa shape index (κ3) is 5.04. The summed E-state index contributed by atoms with van der Waals surface area (Å²) in [6.07, 6.45) is 6.45. The molecule has 0 aliphatic rings. The van der Waals surface area contributed by atoms with E-state index < -0.39 is 0 Å². The quantitative estimate of drug-likeness (QED) is 0.373. The molecule has 0 saturated carbocycles. The summed E-state index contributed by atoms with van der Waals surface area (Å²) in [5.74, 6) is 5.69. The van der Waals surface area contributed by atoms with Crippen molar-refractivity contribution in [3.8, 4) is 11.8 Å². The van der Waals surface area contributed by atoms with Crippen molar-refractivity contribution in [2.45, 2.75) is 13.3 Å². The van der Waals surface area contributed by atoms with E-state index in [0.29, 0.717) is 0 Å². The molecule has 0 nitrogen and oxygen atoms in total. The maximum atomic E-state index is 3.52. The third-order valence-corrected chi connectivity index (χ3v) is 0.669. The standard InChI is InChI=1S/C8H10/c1-3-5-7-8-6-4-2/h3,5,7H,1,8H2,2H3. The van der Waals surface area contributed by atoms with Gasteiger partial charge in [-0.3, -0.25) is 0 Å². The second-order valence-electron chi connectivity index (χ2n) is 1.29. The van der Waals surface area contributed by atoms with E-state index in [2.05, 4.69) is 18.4 Å². The molecule has 0 heterocycles. The van der Waals surface area contributed by atoms with Crippen LogP contribution in [0.15, 0.2) is 24.8 Å². The van der Waals surface area contributed by atoms with Crippen LogP contribution in [0.3, 0.4) is 0 Å². The van der Waals surface area contributed by atoms with Crippen molar-refractivity contribution >= 4 is 0 Å². The molecule has 0 amide bonds. The van der Waals surface area contributed by atoms with E-state index in [9.17, 15) is 0 Å². The Morgan fingerprint density at radius 1 is 1.62 bits per heavy atom. The van der Waals surface area contributed by atoms with E-state index in [1.165, 1.54) is 0 Å². The molecule has 0 atom stereocenters. The highest BCUT2D eigenvalue weighted by Gasteiger charge is 1.61. The Morgan fingerprint density at radius 2 is 2.38 bits per heavy atom. The number of rotatable bonds is 2. The normalized spacial score (nSPS) is 8.12. The SMILES string of the molecule is C=CC=CCC#CC. The Kier molecular flexibility index (Phi) is 5.32. The molecule has 0 aromatic heterocycles. The van der Waals surface area contributed by atoms with Crippen LogP contribution in [-0.2, 0) is 0 Å². The first kappa shape index (κ1) is 7.04. The topological polar surface area (TPSA) is 0 Å². The van der Waals surface area contributed by atoms with Crippen molar-refractivity contribution < 1.29 is 0 Å². The van der Waals surface area contributed by atoms with Crippen molar-refractivity contribution in [1.29, 1.82) is 0 Å². The minimum Gasteiger partial charge on any atom is -0.106 e. The highest BCUT2D eigenvalue weighted by Crippen LogP contribution is 1.78.